The van der Waals surface area contributed by atoms with Gasteiger partial charge < -0.3 is 15.3 Å². The van der Waals surface area contributed by atoms with Gasteiger partial charge in [-0.15, -0.1) is 0 Å². The molecule has 0 bridgehead atoms. The summed E-state index contributed by atoms with van der Waals surface area (Å²) in [6.45, 7) is 5.94. The highest BCUT2D eigenvalue weighted by Crippen LogP contribution is 2.15. The molecule has 18 heavy (non-hydrogen) atoms. The zero-order valence-electron chi connectivity index (χ0n) is 11.8. The Balaban J connectivity index is 2.15. The second-order valence-corrected chi connectivity index (χ2v) is 5.48. The fraction of sp³-hybridized carbons (Fsp3) is 0.929. The number of nitrogens with one attached hydrogen (secondary N) is 1. The van der Waals surface area contributed by atoms with Crippen LogP contribution in [0.1, 0.15) is 52.4 Å². The Labute approximate surface area is 111 Å². The van der Waals surface area contributed by atoms with Gasteiger partial charge in [-0.3, -0.25) is 0 Å². The van der Waals surface area contributed by atoms with Crippen molar-refractivity contribution >= 4 is 6.03 Å². The lowest BCUT2D eigenvalue weighted by atomic mass is 10.1. The number of carbonyl (C=O) groups excluding carboxylic acids is 1. The van der Waals surface area contributed by atoms with Gasteiger partial charge in [-0.1, -0.05) is 32.6 Å². The van der Waals surface area contributed by atoms with E-state index in [2.05, 4.69) is 19.2 Å². The number of likely N-dealkylation sites (tertiary alicyclic amines) is 1. The predicted molar refractivity (Wildman–Crippen MR) is 73.5 cm³/mol. The number of urea groups is 1. The largest absolute Gasteiger partial charge is 0.396 e. The molecule has 1 fully saturated rings. The van der Waals surface area contributed by atoms with Crippen molar-refractivity contribution in [2.45, 2.75) is 58.4 Å². The normalized spacial score (nSPS) is 21.1. The fourth-order valence-electron chi connectivity index (χ4n) is 2.42. The zero-order chi connectivity index (χ0) is 13.4. The standard InChI is InChI=1S/C14H28N2O2/c1-3-4-5-6-7-12(2)15-14(18)16-9-8-13(10-16)11-17/h12-13,17H,3-11H2,1-2H3,(H,15,18). The lowest BCUT2D eigenvalue weighted by Gasteiger charge is -2.21. The number of aliphatic hydroxyl groups excluding tert-OH is 1. The lowest BCUT2D eigenvalue weighted by molar-refractivity contribution is 0.195. The van der Waals surface area contributed by atoms with E-state index in [0.717, 1.165) is 19.4 Å². The molecule has 2 unspecified atom stereocenters. The molecule has 1 heterocycles. The van der Waals surface area contributed by atoms with E-state index in [1.807, 2.05) is 4.90 Å². The van der Waals surface area contributed by atoms with Gasteiger partial charge in [0.1, 0.15) is 0 Å². The maximum absolute atomic E-state index is 11.9. The molecule has 4 heteroatoms. The van der Waals surface area contributed by atoms with Crippen LogP contribution in [0.25, 0.3) is 0 Å². The van der Waals surface area contributed by atoms with Crippen LogP contribution in [0.4, 0.5) is 4.79 Å². The molecule has 0 saturated carbocycles. The minimum atomic E-state index is 0.0361. The molecular weight excluding hydrogens is 228 g/mol. The summed E-state index contributed by atoms with van der Waals surface area (Å²) < 4.78 is 0. The third-order valence-electron chi connectivity index (χ3n) is 3.69. The first-order chi connectivity index (χ1) is 8.67. The average Bonchev–Trinajstić information content (AvgIpc) is 2.83. The van der Waals surface area contributed by atoms with Gasteiger partial charge in [0.2, 0.25) is 0 Å². The summed E-state index contributed by atoms with van der Waals surface area (Å²) in [5, 5.41) is 12.1. The molecule has 4 nitrogen and oxygen atoms in total. The van der Waals surface area contributed by atoms with Gasteiger partial charge in [-0.2, -0.15) is 0 Å². The van der Waals surface area contributed by atoms with Crippen LogP contribution in [0.15, 0.2) is 0 Å². The van der Waals surface area contributed by atoms with Gasteiger partial charge >= 0.3 is 6.03 Å². The maximum atomic E-state index is 11.9. The summed E-state index contributed by atoms with van der Waals surface area (Å²) in [6.07, 6.45) is 6.96. The highest BCUT2D eigenvalue weighted by Gasteiger charge is 2.25. The molecule has 2 amide bonds. The van der Waals surface area contributed by atoms with Gasteiger partial charge in [0, 0.05) is 31.7 Å². The molecule has 0 spiro atoms. The summed E-state index contributed by atoms with van der Waals surface area (Å²) in [4.78, 5) is 13.8. The Hall–Kier alpha value is -0.770. The van der Waals surface area contributed by atoms with Crippen molar-refractivity contribution in [3.8, 4) is 0 Å². The van der Waals surface area contributed by atoms with E-state index in [4.69, 9.17) is 5.11 Å². The van der Waals surface area contributed by atoms with E-state index < -0.39 is 0 Å². The number of hydrogen-bond acceptors (Lipinski definition) is 2. The molecule has 1 aliphatic rings. The van der Waals surface area contributed by atoms with E-state index >= 15 is 0 Å². The molecule has 1 rings (SSSR count). The quantitative estimate of drug-likeness (QED) is 0.687. The number of nitrogens with zero attached hydrogens (tertiary/aromatic N) is 1. The number of rotatable bonds is 7. The minimum Gasteiger partial charge on any atom is -0.396 e. The Bertz CT molecular complexity index is 246. The Morgan fingerprint density at radius 2 is 2.22 bits per heavy atom. The second kappa shape index (κ2) is 8.35. The Morgan fingerprint density at radius 1 is 1.44 bits per heavy atom. The number of aliphatic hydroxyl groups is 1. The molecule has 0 aliphatic carbocycles. The first kappa shape index (κ1) is 15.3. The first-order valence-electron chi connectivity index (χ1n) is 7.33. The molecule has 2 atom stereocenters. The number of hydrogen-bond donors (Lipinski definition) is 2. The maximum Gasteiger partial charge on any atom is 0.317 e. The predicted octanol–water partition coefficient (Wildman–Crippen LogP) is 2.37. The first-order valence-corrected chi connectivity index (χ1v) is 7.33. The van der Waals surface area contributed by atoms with Gasteiger partial charge in [-0.05, 0) is 19.8 Å². The molecule has 1 saturated heterocycles. The van der Waals surface area contributed by atoms with E-state index in [1.54, 1.807) is 0 Å². The molecule has 0 aromatic heterocycles. The van der Waals surface area contributed by atoms with Gasteiger partial charge in [0.15, 0.2) is 0 Å². The van der Waals surface area contributed by atoms with Crippen LogP contribution in [-0.4, -0.2) is 41.8 Å². The van der Waals surface area contributed by atoms with Crippen LogP contribution in [-0.2, 0) is 0 Å². The average molecular weight is 256 g/mol. The van der Waals surface area contributed by atoms with Crippen molar-refractivity contribution in [2.75, 3.05) is 19.7 Å². The van der Waals surface area contributed by atoms with Crippen molar-refractivity contribution in [1.29, 1.82) is 0 Å². The lowest BCUT2D eigenvalue weighted by Crippen LogP contribution is -2.42. The smallest absolute Gasteiger partial charge is 0.317 e. The minimum absolute atomic E-state index is 0.0361. The van der Waals surface area contributed by atoms with E-state index in [-0.39, 0.29) is 24.6 Å². The Morgan fingerprint density at radius 3 is 2.83 bits per heavy atom. The summed E-state index contributed by atoms with van der Waals surface area (Å²) in [5.41, 5.74) is 0. The van der Waals surface area contributed by atoms with Gasteiger partial charge in [0.05, 0.1) is 0 Å². The van der Waals surface area contributed by atoms with Crippen molar-refractivity contribution in [1.82, 2.24) is 10.2 Å². The zero-order valence-corrected chi connectivity index (χ0v) is 11.8. The number of carbonyl (C=O) groups is 1. The molecule has 1 aliphatic heterocycles. The summed E-state index contributed by atoms with van der Waals surface area (Å²) in [6, 6.07) is 0.288. The Kier molecular flexibility index (Phi) is 7.09. The van der Waals surface area contributed by atoms with Crippen LogP contribution in [0.3, 0.4) is 0 Å². The highest BCUT2D eigenvalue weighted by molar-refractivity contribution is 5.74. The van der Waals surface area contributed by atoms with E-state index in [1.165, 1.54) is 25.7 Å². The van der Waals surface area contributed by atoms with E-state index in [9.17, 15) is 4.79 Å². The fourth-order valence-corrected chi connectivity index (χ4v) is 2.42. The summed E-state index contributed by atoms with van der Waals surface area (Å²) in [7, 11) is 0. The topological polar surface area (TPSA) is 52.6 Å². The van der Waals surface area contributed by atoms with Crippen LogP contribution in [0.5, 0.6) is 0 Å². The molecule has 106 valence electrons. The van der Waals surface area contributed by atoms with Crippen molar-refractivity contribution in [2.24, 2.45) is 5.92 Å². The molecule has 0 radical (unpaired) electrons. The SMILES string of the molecule is CCCCCCC(C)NC(=O)N1CCC(CO)C1. The van der Waals surface area contributed by atoms with Crippen molar-refractivity contribution < 1.29 is 9.90 Å². The molecule has 0 aromatic rings. The van der Waals surface area contributed by atoms with Crippen LogP contribution < -0.4 is 5.32 Å². The van der Waals surface area contributed by atoms with Crippen LogP contribution in [0.2, 0.25) is 0 Å². The summed E-state index contributed by atoms with van der Waals surface area (Å²) in [5.74, 6) is 0.274. The van der Waals surface area contributed by atoms with Gasteiger partial charge in [0.25, 0.3) is 0 Å². The number of unbranched alkanes of at least 4 members (excludes halogenated alkanes) is 3. The molecule has 0 aromatic carbocycles. The van der Waals surface area contributed by atoms with E-state index in [0.29, 0.717) is 6.54 Å². The van der Waals surface area contributed by atoms with Crippen molar-refractivity contribution in [3.63, 3.8) is 0 Å². The van der Waals surface area contributed by atoms with Crippen molar-refractivity contribution in [3.05, 3.63) is 0 Å². The monoisotopic (exact) mass is 256 g/mol. The highest BCUT2D eigenvalue weighted by atomic mass is 16.3. The second-order valence-electron chi connectivity index (χ2n) is 5.48. The van der Waals surface area contributed by atoms with Gasteiger partial charge in [-0.25, -0.2) is 4.79 Å². The number of amides is 2. The third kappa shape index (κ3) is 5.25. The third-order valence-corrected chi connectivity index (χ3v) is 3.69. The van der Waals surface area contributed by atoms with Crippen LogP contribution in [0, 0.1) is 5.92 Å². The van der Waals surface area contributed by atoms with Crippen LogP contribution >= 0.6 is 0 Å². The summed E-state index contributed by atoms with van der Waals surface area (Å²) >= 11 is 0. The molecule has 2 N–H and O–H groups in total. The molecular formula is C14H28N2O2.